The Balaban J connectivity index is 2.20. The number of amides is 2. The Morgan fingerprint density at radius 3 is 2.60 bits per heavy atom. The van der Waals surface area contributed by atoms with Crippen LogP contribution in [0.3, 0.4) is 0 Å². The van der Waals surface area contributed by atoms with Gasteiger partial charge in [-0.25, -0.2) is 0 Å². The third kappa shape index (κ3) is 3.47. The number of nitrogens with two attached hydrogens (primary N) is 1. The van der Waals surface area contributed by atoms with E-state index < -0.39 is 5.91 Å². The van der Waals surface area contributed by atoms with E-state index in [1.54, 1.807) is 0 Å². The Bertz CT molecular complexity index is 834. The summed E-state index contributed by atoms with van der Waals surface area (Å²) in [7, 11) is 0. The Kier molecular flexibility index (Phi) is 4.95. The molecule has 0 saturated heterocycles. The third-order valence-electron chi connectivity index (χ3n) is 4.71. The van der Waals surface area contributed by atoms with E-state index in [1.807, 2.05) is 31.2 Å². The molecule has 1 heterocycles. The van der Waals surface area contributed by atoms with E-state index >= 15 is 0 Å². The van der Waals surface area contributed by atoms with Crippen molar-refractivity contribution in [2.75, 3.05) is 11.4 Å². The molecule has 2 atom stereocenters. The van der Waals surface area contributed by atoms with Crippen molar-refractivity contribution in [1.29, 1.82) is 0 Å². The largest absolute Gasteiger partial charge is 0.368 e. The molecule has 1 aliphatic rings. The Hall–Kier alpha value is -2.14. The van der Waals surface area contributed by atoms with Crippen molar-refractivity contribution in [3.63, 3.8) is 0 Å². The van der Waals surface area contributed by atoms with Crippen LogP contribution < -0.4 is 10.6 Å². The van der Waals surface area contributed by atoms with Crippen LogP contribution in [0.1, 0.15) is 34.6 Å². The van der Waals surface area contributed by atoms with E-state index in [-0.39, 0.29) is 23.2 Å². The fourth-order valence-corrected chi connectivity index (χ4v) is 4.12. The monoisotopic (exact) mass is 400 g/mol. The van der Waals surface area contributed by atoms with Crippen LogP contribution in [-0.2, 0) is 9.59 Å². The lowest BCUT2D eigenvalue weighted by atomic mass is 9.84. The van der Waals surface area contributed by atoms with Crippen LogP contribution in [0.2, 0.25) is 0 Å². The molecule has 1 aliphatic heterocycles. The lowest BCUT2D eigenvalue weighted by molar-refractivity contribution is -0.122. The first kappa shape index (κ1) is 17.7. The lowest BCUT2D eigenvalue weighted by Gasteiger charge is -2.24. The van der Waals surface area contributed by atoms with E-state index in [0.29, 0.717) is 6.42 Å². The highest BCUT2D eigenvalue weighted by Crippen LogP contribution is 2.42. The maximum atomic E-state index is 12.9. The van der Waals surface area contributed by atoms with Crippen LogP contribution in [-0.4, -0.2) is 23.2 Å². The standard InChI is InChI=1S/C20H21BrN2O2/c1-12-7-8-15-16(14-6-4-3-5-13(14)2)10-17(21)20(25)23(11-19(22)24)18(15)9-12/h3-9,16-17H,10-11H2,1-2H3,(H2,22,24). The summed E-state index contributed by atoms with van der Waals surface area (Å²) in [5.41, 5.74) is 10.7. The van der Waals surface area contributed by atoms with Gasteiger partial charge in [-0.15, -0.1) is 0 Å². The number of carbonyl (C=O) groups excluding carboxylic acids is 2. The molecule has 3 rings (SSSR count). The van der Waals surface area contributed by atoms with Crippen molar-refractivity contribution in [1.82, 2.24) is 0 Å². The van der Waals surface area contributed by atoms with Crippen molar-refractivity contribution in [2.45, 2.75) is 31.0 Å². The number of carbonyl (C=O) groups is 2. The van der Waals surface area contributed by atoms with Crippen LogP contribution in [0.25, 0.3) is 0 Å². The first-order valence-electron chi connectivity index (χ1n) is 8.28. The number of benzene rings is 2. The first-order valence-corrected chi connectivity index (χ1v) is 9.20. The highest BCUT2D eigenvalue weighted by atomic mass is 79.9. The first-order chi connectivity index (χ1) is 11.9. The number of hydrogen-bond acceptors (Lipinski definition) is 2. The molecule has 130 valence electrons. The lowest BCUT2D eigenvalue weighted by Crippen LogP contribution is -2.41. The highest BCUT2D eigenvalue weighted by Gasteiger charge is 2.35. The molecule has 0 spiro atoms. The zero-order chi connectivity index (χ0) is 18.1. The fourth-order valence-electron chi connectivity index (χ4n) is 3.50. The van der Waals surface area contributed by atoms with Crippen LogP contribution in [0.15, 0.2) is 42.5 Å². The average molecular weight is 401 g/mol. The second kappa shape index (κ2) is 7.00. The maximum Gasteiger partial charge on any atom is 0.241 e. The number of nitrogens with zero attached hydrogens (tertiary/aromatic N) is 1. The summed E-state index contributed by atoms with van der Waals surface area (Å²) in [5.74, 6) is -0.570. The van der Waals surface area contributed by atoms with Gasteiger partial charge in [-0.3, -0.25) is 9.59 Å². The van der Waals surface area contributed by atoms with Crippen LogP contribution in [0, 0.1) is 13.8 Å². The molecular weight excluding hydrogens is 380 g/mol. The minimum Gasteiger partial charge on any atom is -0.368 e. The van der Waals surface area contributed by atoms with Gasteiger partial charge in [0.2, 0.25) is 11.8 Å². The molecule has 2 aromatic carbocycles. The fraction of sp³-hybridized carbons (Fsp3) is 0.300. The molecule has 2 N–H and O–H groups in total. The van der Waals surface area contributed by atoms with Crippen molar-refractivity contribution in [2.24, 2.45) is 5.73 Å². The second-order valence-electron chi connectivity index (χ2n) is 6.57. The SMILES string of the molecule is Cc1ccc2c(c1)N(CC(N)=O)C(=O)C(Br)CC2c1ccccc1C. The van der Waals surface area contributed by atoms with Crippen LogP contribution in [0.5, 0.6) is 0 Å². The van der Waals surface area contributed by atoms with Gasteiger partial charge < -0.3 is 10.6 Å². The second-order valence-corrected chi connectivity index (χ2v) is 7.67. The summed E-state index contributed by atoms with van der Waals surface area (Å²) in [6, 6.07) is 14.3. The van der Waals surface area contributed by atoms with E-state index in [4.69, 9.17) is 5.73 Å². The zero-order valence-electron chi connectivity index (χ0n) is 14.3. The minimum absolute atomic E-state index is 0.0722. The van der Waals surface area contributed by atoms with Crippen LogP contribution in [0.4, 0.5) is 5.69 Å². The number of aryl methyl sites for hydroxylation is 2. The highest BCUT2D eigenvalue weighted by molar-refractivity contribution is 9.10. The van der Waals surface area contributed by atoms with Gasteiger partial charge >= 0.3 is 0 Å². The van der Waals surface area contributed by atoms with Gasteiger partial charge in [0.15, 0.2) is 0 Å². The van der Waals surface area contributed by atoms with E-state index in [2.05, 4.69) is 41.1 Å². The smallest absolute Gasteiger partial charge is 0.241 e. The molecule has 0 fully saturated rings. The predicted molar refractivity (Wildman–Crippen MR) is 103 cm³/mol. The molecular formula is C20H21BrN2O2. The Morgan fingerprint density at radius 2 is 1.92 bits per heavy atom. The predicted octanol–water partition coefficient (Wildman–Crippen LogP) is 3.42. The molecule has 2 aromatic rings. The number of halogens is 1. The number of primary amides is 1. The average Bonchev–Trinajstić information content (AvgIpc) is 2.66. The van der Waals surface area contributed by atoms with Crippen molar-refractivity contribution < 1.29 is 9.59 Å². The normalized spacial score (nSPS) is 20.1. The van der Waals surface area contributed by atoms with Gasteiger partial charge in [0, 0.05) is 11.6 Å². The molecule has 5 heteroatoms. The molecule has 0 saturated carbocycles. The number of fused-ring (bicyclic) bond motifs is 1. The van der Waals surface area contributed by atoms with Gasteiger partial charge in [0.1, 0.15) is 6.54 Å². The molecule has 0 bridgehead atoms. The van der Waals surface area contributed by atoms with Crippen molar-refractivity contribution >= 4 is 33.4 Å². The Labute approximate surface area is 156 Å². The zero-order valence-corrected chi connectivity index (χ0v) is 15.9. The molecule has 4 nitrogen and oxygen atoms in total. The van der Waals surface area contributed by atoms with Crippen LogP contribution >= 0.6 is 15.9 Å². The molecule has 0 radical (unpaired) electrons. The van der Waals surface area contributed by atoms with E-state index in [9.17, 15) is 9.59 Å². The molecule has 2 unspecified atom stereocenters. The topological polar surface area (TPSA) is 63.4 Å². The van der Waals surface area contributed by atoms with E-state index in [0.717, 1.165) is 16.8 Å². The van der Waals surface area contributed by atoms with Gasteiger partial charge in [-0.2, -0.15) is 0 Å². The number of rotatable bonds is 3. The summed E-state index contributed by atoms with van der Waals surface area (Å²) < 4.78 is 0. The number of alkyl halides is 1. The van der Waals surface area contributed by atoms with E-state index in [1.165, 1.54) is 16.0 Å². The number of hydrogen-bond donors (Lipinski definition) is 1. The summed E-state index contributed by atoms with van der Waals surface area (Å²) >= 11 is 3.53. The van der Waals surface area contributed by atoms with Gasteiger partial charge in [-0.05, 0) is 48.6 Å². The summed E-state index contributed by atoms with van der Waals surface area (Å²) in [6.07, 6.45) is 0.634. The third-order valence-corrected chi connectivity index (χ3v) is 5.47. The quantitative estimate of drug-likeness (QED) is 0.802. The maximum absolute atomic E-state index is 12.9. The minimum atomic E-state index is -0.519. The number of anilines is 1. The van der Waals surface area contributed by atoms with Crippen molar-refractivity contribution in [3.8, 4) is 0 Å². The van der Waals surface area contributed by atoms with Gasteiger partial charge in [0.05, 0.1) is 4.83 Å². The molecule has 0 aliphatic carbocycles. The summed E-state index contributed by atoms with van der Waals surface area (Å²) in [6.45, 7) is 3.95. The Morgan fingerprint density at radius 1 is 1.20 bits per heavy atom. The summed E-state index contributed by atoms with van der Waals surface area (Å²) in [5, 5.41) is 0. The molecule has 0 aromatic heterocycles. The van der Waals surface area contributed by atoms with Crippen molar-refractivity contribution in [3.05, 3.63) is 64.7 Å². The van der Waals surface area contributed by atoms with Gasteiger partial charge in [0.25, 0.3) is 0 Å². The molecule has 2 amide bonds. The molecule has 25 heavy (non-hydrogen) atoms. The summed E-state index contributed by atoms with van der Waals surface area (Å²) in [4.78, 5) is 25.6. The van der Waals surface area contributed by atoms with Gasteiger partial charge in [-0.1, -0.05) is 52.3 Å².